The zero-order valence-corrected chi connectivity index (χ0v) is 13.3. The van der Waals surface area contributed by atoms with Crippen LogP contribution in [0.3, 0.4) is 0 Å². The van der Waals surface area contributed by atoms with Gasteiger partial charge in [-0.25, -0.2) is 4.79 Å². The standard InChI is InChI=1S/C16H22ClN3O2/c17-13-5-3-4-12(10-13)7-8-15(21)20-9-2-1-6-14(20)11-19-16(18)22/h3-5,10,14H,1-2,6-9,11H2,(H3,18,19,22)/t14-/m1/s1. The molecule has 0 aliphatic carbocycles. The van der Waals surface area contributed by atoms with Crippen molar-refractivity contribution in [2.24, 2.45) is 5.73 Å². The van der Waals surface area contributed by atoms with Crippen molar-refractivity contribution in [3.63, 3.8) is 0 Å². The van der Waals surface area contributed by atoms with Gasteiger partial charge in [0.1, 0.15) is 0 Å². The summed E-state index contributed by atoms with van der Waals surface area (Å²) in [7, 11) is 0. The normalized spacial score (nSPS) is 18.0. The first-order valence-electron chi connectivity index (χ1n) is 7.63. The Morgan fingerprint density at radius 1 is 1.36 bits per heavy atom. The molecule has 1 saturated heterocycles. The molecule has 6 heteroatoms. The Hall–Kier alpha value is -1.75. The summed E-state index contributed by atoms with van der Waals surface area (Å²) in [6.45, 7) is 1.18. The molecule has 0 spiro atoms. The van der Waals surface area contributed by atoms with Crippen molar-refractivity contribution in [3.05, 3.63) is 34.9 Å². The maximum atomic E-state index is 12.5. The van der Waals surface area contributed by atoms with E-state index in [1.807, 2.05) is 29.2 Å². The number of urea groups is 1. The van der Waals surface area contributed by atoms with Gasteiger partial charge in [-0.3, -0.25) is 4.79 Å². The summed E-state index contributed by atoms with van der Waals surface area (Å²) < 4.78 is 0. The highest BCUT2D eigenvalue weighted by atomic mass is 35.5. The number of halogens is 1. The van der Waals surface area contributed by atoms with Gasteiger partial charge in [0, 0.05) is 30.6 Å². The second kappa shape index (κ2) is 8.03. The molecule has 1 aliphatic rings. The van der Waals surface area contributed by atoms with Gasteiger partial charge in [-0.1, -0.05) is 23.7 Å². The predicted molar refractivity (Wildman–Crippen MR) is 86.7 cm³/mol. The van der Waals surface area contributed by atoms with Gasteiger partial charge in [0.2, 0.25) is 5.91 Å². The van der Waals surface area contributed by atoms with E-state index in [0.717, 1.165) is 31.4 Å². The van der Waals surface area contributed by atoms with Gasteiger partial charge in [-0.05, 0) is 43.4 Å². The molecule has 2 rings (SSSR count). The van der Waals surface area contributed by atoms with Crippen LogP contribution in [-0.4, -0.2) is 36.0 Å². The number of piperidine rings is 1. The fourth-order valence-electron chi connectivity index (χ4n) is 2.85. The largest absolute Gasteiger partial charge is 0.352 e. The number of rotatable bonds is 5. The molecule has 0 saturated carbocycles. The van der Waals surface area contributed by atoms with E-state index < -0.39 is 6.03 Å². The fourth-order valence-corrected chi connectivity index (χ4v) is 3.06. The number of amides is 3. The van der Waals surface area contributed by atoms with E-state index >= 15 is 0 Å². The Balaban J connectivity index is 1.89. The Kier molecular flexibility index (Phi) is 6.07. The molecule has 22 heavy (non-hydrogen) atoms. The van der Waals surface area contributed by atoms with E-state index in [2.05, 4.69) is 5.32 Å². The molecular weight excluding hydrogens is 302 g/mol. The Morgan fingerprint density at radius 3 is 2.91 bits per heavy atom. The number of aryl methyl sites for hydroxylation is 1. The van der Waals surface area contributed by atoms with Gasteiger partial charge < -0.3 is 16.0 Å². The number of nitrogens with one attached hydrogen (secondary N) is 1. The van der Waals surface area contributed by atoms with Crippen LogP contribution in [0.4, 0.5) is 4.79 Å². The van der Waals surface area contributed by atoms with Crippen LogP contribution in [-0.2, 0) is 11.2 Å². The lowest BCUT2D eigenvalue weighted by Gasteiger charge is -2.36. The van der Waals surface area contributed by atoms with Crippen LogP contribution in [0.2, 0.25) is 5.02 Å². The zero-order chi connectivity index (χ0) is 15.9. The van der Waals surface area contributed by atoms with Crippen LogP contribution in [0.25, 0.3) is 0 Å². The van der Waals surface area contributed by atoms with Crippen LogP contribution in [0.1, 0.15) is 31.2 Å². The molecule has 1 aromatic rings. The summed E-state index contributed by atoms with van der Waals surface area (Å²) in [6, 6.07) is 7.08. The number of benzene rings is 1. The number of carbonyl (C=O) groups is 2. The first-order valence-corrected chi connectivity index (χ1v) is 8.01. The number of carbonyl (C=O) groups excluding carboxylic acids is 2. The summed E-state index contributed by atoms with van der Waals surface area (Å²) in [6.07, 6.45) is 4.11. The Morgan fingerprint density at radius 2 is 2.18 bits per heavy atom. The zero-order valence-electron chi connectivity index (χ0n) is 12.6. The van der Waals surface area contributed by atoms with Crippen LogP contribution < -0.4 is 11.1 Å². The smallest absolute Gasteiger partial charge is 0.312 e. The molecule has 3 amide bonds. The summed E-state index contributed by atoms with van der Waals surface area (Å²) in [5, 5.41) is 3.30. The lowest BCUT2D eigenvalue weighted by molar-refractivity contribution is -0.134. The monoisotopic (exact) mass is 323 g/mol. The number of primary amides is 1. The van der Waals surface area contributed by atoms with E-state index in [0.29, 0.717) is 24.4 Å². The average molecular weight is 324 g/mol. The van der Waals surface area contributed by atoms with E-state index in [9.17, 15) is 9.59 Å². The highest BCUT2D eigenvalue weighted by Gasteiger charge is 2.26. The number of likely N-dealkylation sites (tertiary alicyclic amines) is 1. The molecule has 0 bridgehead atoms. The van der Waals surface area contributed by atoms with Crippen LogP contribution >= 0.6 is 11.6 Å². The van der Waals surface area contributed by atoms with E-state index in [1.165, 1.54) is 0 Å². The van der Waals surface area contributed by atoms with Crippen LogP contribution in [0, 0.1) is 0 Å². The van der Waals surface area contributed by atoms with E-state index in [-0.39, 0.29) is 11.9 Å². The van der Waals surface area contributed by atoms with Gasteiger partial charge in [-0.2, -0.15) is 0 Å². The van der Waals surface area contributed by atoms with Crippen LogP contribution in [0.15, 0.2) is 24.3 Å². The number of hydrogen-bond acceptors (Lipinski definition) is 2. The molecule has 1 fully saturated rings. The quantitative estimate of drug-likeness (QED) is 0.872. The molecule has 0 aromatic heterocycles. The van der Waals surface area contributed by atoms with Crippen LogP contribution in [0.5, 0.6) is 0 Å². The summed E-state index contributed by atoms with van der Waals surface area (Å²) in [5.74, 6) is 0.121. The van der Waals surface area contributed by atoms with Gasteiger partial charge in [0.05, 0.1) is 0 Å². The van der Waals surface area contributed by atoms with E-state index in [1.54, 1.807) is 0 Å². The molecular formula is C16H22ClN3O2. The highest BCUT2D eigenvalue weighted by Crippen LogP contribution is 2.19. The third-order valence-electron chi connectivity index (χ3n) is 3.98. The molecule has 1 atom stereocenters. The Bertz CT molecular complexity index is 536. The van der Waals surface area contributed by atoms with Crippen molar-refractivity contribution in [1.29, 1.82) is 0 Å². The first kappa shape index (κ1) is 16.6. The lowest BCUT2D eigenvalue weighted by Crippen LogP contribution is -2.50. The minimum Gasteiger partial charge on any atom is -0.352 e. The molecule has 1 heterocycles. The van der Waals surface area contributed by atoms with Gasteiger partial charge >= 0.3 is 6.03 Å². The van der Waals surface area contributed by atoms with Crippen molar-refractivity contribution < 1.29 is 9.59 Å². The minimum atomic E-state index is -0.545. The summed E-state index contributed by atoms with van der Waals surface area (Å²) >= 11 is 5.96. The topological polar surface area (TPSA) is 75.4 Å². The molecule has 5 nitrogen and oxygen atoms in total. The Labute approximate surface area is 135 Å². The second-order valence-corrected chi connectivity index (χ2v) is 6.05. The van der Waals surface area contributed by atoms with E-state index in [4.69, 9.17) is 17.3 Å². The average Bonchev–Trinajstić information content (AvgIpc) is 2.51. The van der Waals surface area contributed by atoms with Crippen molar-refractivity contribution in [2.75, 3.05) is 13.1 Å². The molecule has 0 radical (unpaired) electrons. The fraction of sp³-hybridized carbons (Fsp3) is 0.500. The maximum absolute atomic E-state index is 12.5. The van der Waals surface area contributed by atoms with Gasteiger partial charge in [-0.15, -0.1) is 0 Å². The third-order valence-corrected chi connectivity index (χ3v) is 4.21. The SMILES string of the molecule is NC(=O)NC[C@H]1CCCCN1C(=O)CCc1cccc(Cl)c1. The maximum Gasteiger partial charge on any atom is 0.312 e. The van der Waals surface area contributed by atoms with Crippen molar-refractivity contribution in [3.8, 4) is 0 Å². The third kappa shape index (κ3) is 4.91. The van der Waals surface area contributed by atoms with Crippen molar-refractivity contribution >= 4 is 23.5 Å². The predicted octanol–water partition coefficient (Wildman–Crippen LogP) is 2.32. The minimum absolute atomic E-state index is 0.0492. The first-order chi connectivity index (χ1) is 10.6. The number of hydrogen-bond donors (Lipinski definition) is 2. The number of nitrogens with zero attached hydrogens (tertiary/aromatic N) is 1. The lowest BCUT2D eigenvalue weighted by atomic mass is 10.0. The summed E-state index contributed by atoms with van der Waals surface area (Å²) in [4.78, 5) is 25.2. The molecule has 1 aliphatic heterocycles. The van der Waals surface area contributed by atoms with Gasteiger partial charge in [0.25, 0.3) is 0 Å². The van der Waals surface area contributed by atoms with Gasteiger partial charge in [0.15, 0.2) is 0 Å². The van der Waals surface area contributed by atoms with Crippen molar-refractivity contribution in [2.45, 2.75) is 38.1 Å². The molecule has 3 N–H and O–H groups in total. The molecule has 0 unspecified atom stereocenters. The highest BCUT2D eigenvalue weighted by molar-refractivity contribution is 6.30. The summed E-state index contributed by atoms with van der Waals surface area (Å²) in [5.41, 5.74) is 6.17. The molecule has 120 valence electrons. The number of nitrogens with two attached hydrogens (primary N) is 1. The second-order valence-electron chi connectivity index (χ2n) is 5.61. The van der Waals surface area contributed by atoms with Crippen molar-refractivity contribution in [1.82, 2.24) is 10.2 Å². The molecule has 1 aromatic carbocycles.